The molecule has 78 valence electrons. The molecule has 4 nitrogen and oxygen atoms in total. The minimum atomic E-state index is -0.508. The number of primary amides is 1. The van der Waals surface area contributed by atoms with Gasteiger partial charge in [-0.3, -0.25) is 4.79 Å². The fourth-order valence-corrected chi connectivity index (χ4v) is 1.03. The van der Waals surface area contributed by atoms with Crippen molar-refractivity contribution in [3.8, 4) is 0 Å². The molecule has 0 aromatic carbocycles. The molecule has 0 spiro atoms. The summed E-state index contributed by atoms with van der Waals surface area (Å²) in [5, 5.41) is 0. The number of rotatable bonds is 7. The molecule has 13 heavy (non-hydrogen) atoms. The van der Waals surface area contributed by atoms with E-state index >= 15 is 0 Å². The average molecular weight is 189 g/mol. The lowest BCUT2D eigenvalue weighted by Gasteiger charge is -2.25. The Morgan fingerprint density at radius 3 is 1.85 bits per heavy atom. The lowest BCUT2D eigenvalue weighted by atomic mass is 9.83. The summed E-state index contributed by atoms with van der Waals surface area (Å²) in [5.74, 6) is -0.290. The lowest BCUT2D eigenvalue weighted by Crippen LogP contribution is -2.36. The van der Waals surface area contributed by atoms with Crippen molar-refractivity contribution in [2.45, 2.75) is 19.8 Å². The molecule has 4 heteroatoms. The van der Waals surface area contributed by atoms with Crippen molar-refractivity contribution in [1.82, 2.24) is 0 Å². The molecule has 0 saturated carbocycles. The average Bonchev–Trinajstić information content (AvgIpc) is 2.11. The minimum Gasteiger partial charge on any atom is -0.385 e. The molecule has 0 rings (SSSR count). The van der Waals surface area contributed by atoms with Crippen LogP contribution in [0.5, 0.6) is 0 Å². The maximum atomic E-state index is 11.1. The van der Waals surface area contributed by atoms with Gasteiger partial charge in [0.15, 0.2) is 0 Å². The van der Waals surface area contributed by atoms with Crippen LogP contribution in [-0.4, -0.2) is 33.3 Å². The van der Waals surface area contributed by atoms with Gasteiger partial charge in [0.1, 0.15) is 0 Å². The normalized spacial score (nSPS) is 11.6. The van der Waals surface area contributed by atoms with Crippen LogP contribution in [0.2, 0.25) is 0 Å². The highest BCUT2D eigenvalue weighted by molar-refractivity contribution is 5.80. The summed E-state index contributed by atoms with van der Waals surface area (Å²) < 4.78 is 9.84. The topological polar surface area (TPSA) is 61.6 Å². The van der Waals surface area contributed by atoms with Crippen LogP contribution in [0.15, 0.2) is 0 Å². The van der Waals surface area contributed by atoms with E-state index in [4.69, 9.17) is 15.2 Å². The smallest absolute Gasteiger partial charge is 0.223 e. The summed E-state index contributed by atoms with van der Waals surface area (Å²) >= 11 is 0. The summed E-state index contributed by atoms with van der Waals surface area (Å²) in [5.41, 5.74) is 4.79. The van der Waals surface area contributed by atoms with Gasteiger partial charge < -0.3 is 15.2 Å². The van der Waals surface area contributed by atoms with Crippen molar-refractivity contribution >= 4 is 5.91 Å². The molecule has 0 aliphatic carbocycles. The number of carbonyl (C=O) groups excluding carboxylic acids is 1. The van der Waals surface area contributed by atoms with E-state index in [0.717, 1.165) is 0 Å². The van der Waals surface area contributed by atoms with Crippen LogP contribution in [-0.2, 0) is 14.3 Å². The van der Waals surface area contributed by atoms with Crippen molar-refractivity contribution in [3.05, 3.63) is 0 Å². The number of hydrogen-bond donors (Lipinski definition) is 1. The van der Waals surface area contributed by atoms with Gasteiger partial charge in [0.05, 0.1) is 5.41 Å². The van der Waals surface area contributed by atoms with Gasteiger partial charge in [0, 0.05) is 27.4 Å². The van der Waals surface area contributed by atoms with E-state index in [2.05, 4.69) is 0 Å². The van der Waals surface area contributed by atoms with Crippen molar-refractivity contribution in [1.29, 1.82) is 0 Å². The third kappa shape index (κ3) is 4.24. The molecule has 0 aliphatic rings. The highest BCUT2D eigenvalue weighted by Crippen LogP contribution is 2.25. The first-order chi connectivity index (χ1) is 6.06. The molecule has 1 amide bonds. The van der Waals surface area contributed by atoms with Crippen molar-refractivity contribution in [2.24, 2.45) is 11.1 Å². The molecule has 0 heterocycles. The van der Waals surface area contributed by atoms with Gasteiger partial charge in [-0.25, -0.2) is 0 Å². The first-order valence-corrected chi connectivity index (χ1v) is 4.34. The van der Waals surface area contributed by atoms with Crippen LogP contribution >= 0.6 is 0 Å². The monoisotopic (exact) mass is 189 g/mol. The van der Waals surface area contributed by atoms with E-state index < -0.39 is 5.41 Å². The highest BCUT2D eigenvalue weighted by Gasteiger charge is 2.30. The fourth-order valence-electron chi connectivity index (χ4n) is 1.03. The molecule has 0 unspecified atom stereocenters. The van der Waals surface area contributed by atoms with Crippen molar-refractivity contribution < 1.29 is 14.3 Å². The minimum absolute atomic E-state index is 0.290. The number of carbonyl (C=O) groups is 1. The molecule has 0 saturated heterocycles. The molecular formula is C9H19NO3. The molecular weight excluding hydrogens is 170 g/mol. The van der Waals surface area contributed by atoms with E-state index in [9.17, 15) is 4.79 Å². The van der Waals surface area contributed by atoms with Crippen LogP contribution in [0, 0.1) is 5.41 Å². The number of nitrogens with two attached hydrogens (primary N) is 1. The number of hydrogen-bond acceptors (Lipinski definition) is 3. The fraction of sp³-hybridized carbons (Fsp3) is 0.889. The van der Waals surface area contributed by atoms with E-state index in [1.807, 2.05) is 6.92 Å². The Labute approximate surface area is 79.4 Å². The third-order valence-corrected chi connectivity index (χ3v) is 2.31. The molecule has 2 N–H and O–H groups in total. The molecule has 0 fully saturated rings. The molecule has 0 aromatic rings. The maximum absolute atomic E-state index is 11.1. The quantitative estimate of drug-likeness (QED) is 0.636. The van der Waals surface area contributed by atoms with Crippen LogP contribution in [0.3, 0.4) is 0 Å². The number of methoxy groups -OCH3 is 2. The standard InChI is InChI=1S/C9H19NO3/c1-9(8(10)11,4-6-12-2)5-7-13-3/h4-7H2,1-3H3,(H2,10,11). The number of ether oxygens (including phenoxy) is 2. The van der Waals surface area contributed by atoms with Gasteiger partial charge in [0.2, 0.25) is 5.91 Å². The molecule has 0 atom stereocenters. The summed E-state index contributed by atoms with van der Waals surface area (Å²) in [4.78, 5) is 11.1. The van der Waals surface area contributed by atoms with Crippen LogP contribution in [0.1, 0.15) is 19.8 Å². The predicted octanol–water partition coefficient (Wildman–Crippen LogP) is 0.551. The first-order valence-electron chi connectivity index (χ1n) is 4.34. The van der Waals surface area contributed by atoms with Gasteiger partial charge in [-0.05, 0) is 12.8 Å². The summed E-state index contributed by atoms with van der Waals surface area (Å²) in [7, 11) is 3.22. The highest BCUT2D eigenvalue weighted by atomic mass is 16.5. The lowest BCUT2D eigenvalue weighted by molar-refractivity contribution is -0.128. The van der Waals surface area contributed by atoms with Crippen LogP contribution in [0.25, 0.3) is 0 Å². The Morgan fingerprint density at radius 1 is 1.23 bits per heavy atom. The van der Waals surface area contributed by atoms with Crippen LogP contribution in [0.4, 0.5) is 0 Å². The van der Waals surface area contributed by atoms with Crippen molar-refractivity contribution in [3.63, 3.8) is 0 Å². The van der Waals surface area contributed by atoms with E-state index in [-0.39, 0.29) is 5.91 Å². The Hall–Kier alpha value is -0.610. The molecule has 0 aliphatic heterocycles. The zero-order valence-electron chi connectivity index (χ0n) is 8.63. The second-order valence-corrected chi connectivity index (χ2v) is 3.41. The Bertz CT molecular complexity index is 151. The van der Waals surface area contributed by atoms with Crippen LogP contribution < -0.4 is 5.73 Å². The SMILES string of the molecule is COCCC(C)(CCOC)C(N)=O. The summed E-state index contributed by atoms with van der Waals surface area (Å²) in [6.07, 6.45) is 1.28. The second-order valence-electron chi connectivity index (χ2n) is 3.41. The van der Waals surface area contributed by atoms with E-state index in [1.54, 1.807) is 14.2 Å². The predicted molar refractivity (Wildman–Crippen MR) is 50.3 cm³/mol. The summed E-state index contributed by atoms with van der Waals surface area (Å²) in [6.45, 7) is 2.93. The summed E-state index contributed by atoms with van der Waals surface area (Å²) in [6, 6.07) is 0. The Balaban J connectivity index is 4.08. The molecule has 0 bridgehead atoms. The zero-order valence-corrected chi connectivity index (χ0v) is 8.63. The van der Waals surface area contributed by atoms with Gasteiger partial charge in [-0.1, -0.05) is 6.92 Å². The van der Waals surface area contributed by atoms with Gasteiger partial charge >= 0.3 is 0 Å². The largest absolute Gasteiger partial charge is 0.385 e. The second kappa shape index (κ2) is 5.94. The van der Waals surface area contributed by atoms with Crippen molar-refractivity contribution in [2.75, 3.05) is 27.4 Å². The van der Waals surface area contributed by atoms with Gasteiger partial charge in [-0.15, -0.1) is 0 Å². The zero-order chi connectivity index (χ0) is 10.3. The Kier molecular flexibility index (Phi) is 5.66. The van der Waals surface area contributed by atoms with Gasteiger partial charge in [-0.2, -0.15) is 0 Å². The van der Waals surface area contributed by atoms with E-state index in [1.165, 1.54) is 0 Å². The molecule has 0 aromatic heterocycles. The Morgan fingerprint density at radius 2 is 1.62 bits per heavy atom. The third-order valence-electron chi connectivity index (χ3n) is 2.31. The maximum Gasteiger partial charge on any atom is 0.223 e. The van der Waals surface area contributed by atoms with E-state index in [0.29, 0.717) is 26.1 Å². The first kappa shape index (κ1) is 12.4. The number of amides is 1. The molecule has 0 radical (unpaired) electrons. The van der Waals surface area contributed by atoms with Gasteiger partial charge in [0.25, 0.3) is 0 Å².